The fraction of sp³-hybridized carbons (Fsp3) is 0.182. The fourth-order valence-corrected chi connectivity index (χ4v) is 3.34. The molecule has 0 spiro atoms. The molecular weight excluding hydrogens is 378 g/mol. The van der Waals surface area contributed by atoms with Crippen molar-refractivity contribution in [3.63, 3.8) is 0 Å². The van der Waals surface area contributed by atoms with Crippen molar-refractivity contribution in [1.82, 2.24) is 0 Å². The Kier molecular flexibility index (Phi) is 5.49. The van der Waals surface area contributed by atoms with E-state index in [0.29, 0.717) is 23.3 Å². The maximum absolute atomic E-state index is 13.5. The zero-order valence-electron chi connectivity index (χ0n) is 14.6. The number of halogens is 6. The Morgan fingerprint density at radius 1 is 0.536 bits per heavy atom. The van der Waals surface area contributed by atoms with Crippen molar-refractivity contribution in [3.8, 4) is 0 Å². The van der Waals surface area contributed by atoms with Crippen LogP contribution in [0.3, 0.4) is 0 Å². The van der Waals surface area contributed by atoms with Gasteiger partial charge in [-0.15, -0.1) is 0 Å². The highest BCUT2D eigenvalue weighted by atomic mass is 19.4. The van der Waals surface area contributed by atoms with Crippen molar-refractivity contribution in [1.29, 1.82) is 0 Å². The predicted molar refractivity (Wildman–Crippen MR) is 94.9 cm³/mol. The minimum absolute atomic E-state index is 0.418. The summed E-state index contributed by atoms with van der Waals surface area (Å²) in [7, 11) is 0. The van der Waals surface area contributed by atoms with Crippen LogP contribution in [0.4, 0.5) is 26.3 Å². The molecule has 0 saturated carbocycles. The molecule has 0 aliphatic heterocycles. The first-order valence-corrected chi connectivity index (χ1v) is 8.54. The lowest BCUT2D eigenvalue weighted by atomic mass is 9.83. The van der Waals surface area contributed by atoms with Crippen molar-refractivity contribution >= 4 is 0 Å². The summed E-state index contributed by atoms with van der Waals surface area (Å²) in [5, 5.41) is 0. The molecule has 6 heteroatoms. The first-order valence-electron chi connectivity index (χ1n) is 8.54. The second-order valence-electron chi connectivity index (χ2n) is 6.41. The van der Waals surface area contributed by atoms with Crippen molar-refractivity contribution in [2.75, 3.05) is 0 Å². The third-order valence-corrected chi connectivity index (χ3v) is 4.60. The average Bonchev–Trinajstić information content (AvgIpc) is 2.66. The summed E-state index contributed by atoms with van der Waals surface area (Å²) in [4.78, 5) is 0. The van der Waals surface area contributed by atoms with Gasteiger partial charge >= 0.3 is 12.4 Å². The Balaban J connectivity index is 2.18. The van der Waals surface area contributed by atoms with Crippen LogP contribution < -0.4 is 0 Å². The Morgan fingerprint density at radius 2 is 0.929 bits per heavy atom. The molecule has 0 nitrogen and oxygen atoms in total. The van der Waals surface area contributed by atoms with Gasteiger partial charge in [0.2, 0.25) is 0 Å². The summed E-state index contributed by atoms with van der Waals surface area (Å²) in [5.41, 5.74) is -1.93. The first-order chi connectivity index (χ1) is 13.2. The maximum Gasteiger partial charge on any atom is 0.416 e. The van der Waals surface area contributed by atoms with Gasteiger partial charge in [-0.1, -0.05) is 66.7 Å². The summed E-state index contributed by atoms with van der Waals surface area (Å²) in [5.74, 6) is -0.646. The minimum Gasteiger partial charge on any atom is -0.166 e. The van der Waals surface area contributed by atoms with Crippen molar-refractivity contribution in [2.45, 2.75) is 24.7 Å². The lowest BCUT2D eigenvalue weighted by Gasteiger charge is -2.24. The van der Waals surface area contributed by atoms with E-state index in [1.807, 2.05) is 0 Å². The normalized spacial score (nSPS) is 12.4. The summed E-state index contributed by atoms with van der Waals surface area (Å²) in [6, 6.07) is 19.4. The average molecular weight is 394 g/mol. The summed E-state index contributed by atoms with van der Waals surface area (Å²) >= 11 is 0. The lowest BCUT2D eigenvalue weighted by Crippen LogP contribution is -2.19. The number of hydrogen-bond donors (Lipinski definition) is 0. The van der Waals surface area contributed by atoms with Gasteiger partial charge in [0.05, 0.1) is 11.1 Å². The van der Waals surface area contributed by atoms with Gasteiger partial charge in [0, 0.05) is 5.92 Å². The van der Waals surface area contributed by atoms with Crippen molar-refractivity contribution < 1.29 is 26.3 Å². The molecule has 0 fully saturated rings. The van der Waals surface area contributed by atoms with Crippen molar-refractivity contribution in [2.24, 2.45) is 0 Å². The number of benzene rings is 3. The molecule has 146 valence electrons. The quantitative estimate of drug-likeness (QED) is 0.414. The molecule has 0 N–H and O–H groups in total. The molecule has 0 saturated heterocycles. The van der Waals surface area contributed by atoms with Gasteiger partial charge in [0.25, 0.3) is 0 Å². The largest absolute Gasteiger partial charge is 0.416 e. The zero-order valence-corrected chi connectivity index (χ0v) is 14.6. The number of hydrogen-bond acceptors (Lipinski definition) is 0. The standard InChI is InChI=1S/C22H16F6/c23-21(24,25)19-12-7-13-20(22(26,27)28)18(19)14-17(15-8-3-1-4-9-15)16-10-5-2-6-11-16/h1-13,17H,14H2. The molecule has 0 atom stereocenters. The molecular formula is C22H16F6. The van der Waals surface area contributed by atoms with E-state index in [9.17, 15) is 26.3 Å². The molecule has 3 aromatic carbocycles. The van der Waals surface area contributed by atoms with Crippen LogP contribution in [0.25, 0.3) is 0 Å². The molecule has 0 aliphatic carbocycles. The zero-order chi connectivity index (χ0) is 20.4. The molecule has 28 heavy (non-hydrogen) atoms. The molecule has 0 unspecified atom stereocenters. The minimum atomic E-state index is -4.88. The predicted octanol–water partition coefficient (Wildman–Crippen LogP) is 7.10. The topological polar surface area (TPSA) is 0 Å². The Hall–Kier alpha value is -2.76. The molecule has 0 aromatic heterocycles. The van der Waals surface area contributed by atoms with E-state index in [-0.39, 0.29) is 0 Å². The summed E-state index contributed by atoms with van der Waals surface area (Å²) < 4.78 is 81.0. The van der Waals surface area contributed by atoms with Crippen LogP contribution >= 0.6 is 0 Å². The van der Waals surface area contributed by atoms with Crippen LogP contribution in [-0.2, 0) is 18.8 Å². The van der Waals surface area contributed by atoms with Gasteiger partial charge in [-0.25, -0.2) is 0 Å². The summed E-state index contributed by atoms with van der Waals surface area (Å²) in [6.45, 7) is 0. The lowest BCUT2D eigenvalue weighted by molar-refractivity contribution is -0.144. The van der Waals surface area contributed by atoms with E-state index in [1.54, 1.807) is 60.7 Å². The van der Waals surface area contributed by atoms with Gasteiger partial charge in [0.15, 0.2) is 0 Å². The Labute approximate surface area is 158 Å². The molecule has 3 rings (SSSR count). The second-order valence-corrected chi connectivity index (χ2v) is 6.41. The third-order valence-electron chi connectivity index (χ3n) is 4.60. The van der Waals surface area contributed by atoms with Crippen LogP contribution in [0, 0.1) is 0 Å². The van der Waals surface area contributed by atoms with Crippen LogP contribution in [0.2, 0.25) is 0 Å². The molecule has 0 amide bonds. The fourth-order valence-electron chi connectivity index (χ4n) is 3.34. The molecule has 0 radical (unpaired) electrons. The van der Waals surface area contributed by atoms with Gasteiger partial charge in [-0.3, -0.25) is 0 Å². The van der Waals surface area contributed by atoms with E-state index >= 15 is 0 Å². The summed E-state index contributed by atoms with van der Waals surface area (Å²) in [6.07, 6.45) is -10.2. The van der Waals surface area contributed by atoms with Gasteiger partial charge in [-0.2, -0.15) is 26.3 Å². The first kappa shape index (κ1) is 20.0. The van der Waals surface area contributed by atoms with Crippen LogP contribution in [0.15, 0.2) is 78.9 Å². The van der Waals surface area contributed by atoms with E-state index in [4.69, 9.17) is 0 Å². The molecule has 0 aliphatic rings. The van der Waals surface area contributed by atoms with Gasteiger partial charge in [0.1, 0.15) is 0 Å². The van der Waals surface area contributed by atoms with Crippen LogP contribution in [-0.4, -0.2) is 0 Å². The highest BCUT2D eigenvalue weighted by molar-refractivity contribution is 5.43. The van der Waals surface area contributed by atoms with Gasteiger partial charge < -0.3 is 0 Å². The molecule has 0 bridgehead atoms. The highest BCUT2D eigenvalue weighted by Crippen LogP contribution is 2.42. The Bertz CT molecular complexity index is 840. The van der Waals surface area contributed by atoms with Crippen LogP contribution in [0.1, 0.15) is 33.7 Å². The highest BCUT2D eigenvalue weighted by Gasteiger charge is 2.41. The third kappa shape index (κ3) is 4.38. The van der Waals surface area contributed by atoms with Crippen molar-refractivity contribution in [3.05, 3.63) is 107 Å². The smallest absolute Gasteiger partial charge is 0.166 e. The molecule has 0 heterocycles. The number of alkyl halides is 6. The van der Waals surface area contributed by atoms with E-state index < -0.39 is 41.4 Å². The number of rotatable bonds is 4. The molecule has 3 aromatic rings. The maximum atomic E-state index is 13.5. The Morgan fingerprint density at radius 3 is 1.29 bits per heavy atom. The van der Waals surface area contributed by atoms with E-state index in [0.717, 1.165) is 6.07 Å². The van der Waals surface area contributed by atoms with Gasteiger partial charge in [-0.05, 0) is 35.2 Å². The SMILES string of the molecule is FC(F)(F)c1cccc(C(F)(F)F)c1CC(c1ccccc1)c1ccccc1. The van der Waals surface area contributed by atoms with E-state index in [2.05, 4.69) is 0 Å². The second kappa shape index (κ2) is 7.70. The van der Waals surface area contributed by atoms with E-state index in [1.165, 1.54) is 0 Å². The van der Waals surface area contributed by atoms with Crippen LogP contribution in [0.5, 0.6) is 0 Å². The monoisotopic (exact) mass is 394 g/mol.